The van der Waals surface area contributed by atoms with Gasteiger partial charge in [0.1, 0.15) is 10.8 Å². The Morgan fingerprint density at radius 1 is 1.56 bits per heavy atom. The summed E-state index contributed by atoms with van der Waals surface area (Å²) in [6, 6.07) is 3.71. The second-order valence-electron chi connectivity index (χ2n) is 4.26. The van der Waals surface area contributed by atoms with E-state index in [9.17, 15) is 0 Å². The maximum atomic E-state index is 5.55. The normalized spacial score (nSPS) is 10.4. The third kappa shape index (κ3) is 4.57. The third-order valence-electron chi connectivity index (χ3n) is 2.31. The molecule has 0 aliphatic rings. The fraction of sp³-hybridized carbons (Fsp3) is 0.500. The van der Waals surface area contributed by atoms with Crippen molar-refractivity contribution in [2.75, 3.05) is 11.9 Å². The van der Waals surface area contributed by atoms with Gasteiger partial charge >= 0.3 is 0 Å². The third-order valence-corrected chi connectivity index (χ3v) is 2.54. The first-order valence-corrected chi connectivity index (χ1v) is 6.00. The minimum absolute atomic E-state index is 0.410. The van der Waals surface area contributed by atoms with E-state index in [0.29, 0.717) is 4.99 Å². The van der Waals surface area contributed by atoms with Gasteiger partial charge in [-0.25, -0.2) is 4.98 Å². The first-order chi connectivity index (χ1) is 7.59. The molecule has 16 heavy (non-hydrogen) atoms. The van der Waals surface area contributed by atoms with Crippen molar-refractivity contribution in [1.29, 1.82) is 0 Å². The van der Waals surface area contributed by atoms with Crippen molar-refractivity contribution in [3.63, 3.8) is 0 Å². The zero-order valence-electron chi connectivity index (χ0n) is 9.86. The van der Waals surface area contributed by atoms with Gasteiger partial charge in [-0.2, -0.15) is 0 Å². The van der Waals surface area contributed by atoms with E-state index in [1.807, 2.05) is 12.1 Å². The molecular formula is C12H19N3S. The fourth-order valence-corrected chi connectivity index (χ4v) is 1.53. The highest BCUT2D eigenvalue weighted by Gasteiger charge is 1.99. The van der Waals surface area contributed by atoms with Gasteiger partial charge in [0.2, 0.25) is 0 Å². The topological polar surface area (TPSA) is 50.9 Å². The first-order valence-electron chi connectivity index (χ1n) is 5.59. The fourth-order valence-electron chi connectivity index (χ4n) is 1.41. The van der Waals surface area contributed by atoms with Crippen molar-refractivity contribution in [1.82, 2.24) is 4.98 Å². The molecule has 0 radical (unpaired) electrons. The van der Waals surface area contributed by atoms with Crippen molar-refractivity contribution in [3.05, 3.63) is 23.9 Å². The van der Waals surface area contributed by atoms with Crippen LogP contribution in [0.3, 0.4) is 0 Å². The van der Waals surface area contributed by atoms with Crippen LogP contribution in [0, 0.1) is 5.92 Å². The van der Waals surface area contributed by atoms with Crippen LogP contribution < -0.4 is 11.1 Å². The lowest BCUT2D eigenvalue weighted by atomic mass is 10.1. The van der Waals surface area contributed by atoms with Crippen LogP contribution in [-0.4, -0.2) is 16.5 Å². The zero-order chi connectivity index (χ0) is 12.0. The van der Waals surface area contributed by atoms with E-state index in [2.05, 4.69) is 24.1 Å². The minimum atomic E-state index is 0.410. The lowest BCUT2D eigenvalue weighted by Gasteiger charge is -2.08. The Kier molecular flexibility index (Phi) is 5.19. The van der Waals surface area contributed by atoms with E-state index in [4.69, 9.17) is 18.0 Å². The summed E-state index contributed by atoms with van der Waals surface area (Å²) in [6.45, 7) is 5.39. The molecule has 3 nitrogen and oxygen atoms in total. The maximum Gasteiger partial charge on any atom is 0.126 e. The minimum Gasteiger partial charge on any atom is -0.389 e. The maximum absolute atomic E-state index is 5.55. The Labute approximate surface area is 102 Å². The molecule has 4 heteroatoms. The summed E-state index contributed by atoms with van der Waals surface area (Å²) in [5, 5.41) is 3.27. The number of rotatable bonds is 6. The number of hydrogen-bond donors (Lipinski definition) is 2. The van der Waals surface area contributed by atoms with Crippen molar-refractivity contribution < 1.29 is 0 Å². The molecule has 0 saturated carbocycles. The number of nitrogens with zero attached hydrogens (tertiary/aromatic N) is 1. The molecule has 0 saturated heterocycles. The van der Waals surface area contributed by atoms with E-state index in [0.717, 1.165) is 30.3 Å². The van der Waals surface area contributed by atoms with E-state index in [1.54, 1.807) is 6.20 Å². The van der Waals surface area contributed by atoms with Crippen molar-refractivity contribution >= 4 is 23.0 Å². The van der Waals surface area contributed by atoms with E-state index in [-0.39, 0.29) is 0 Å². The lowest BCUT2D eigenvalue weighted by Crippen LogP contribution is -2.11. The second-order valence-corrected chi connectivity index (χ2v) is 4.70. The van der Waals surface area contributed by atoms with Crippen LogP contribution in [0.2, 0.25) is 0 Å². The quantitative estimate of drug-likeness (QED) is 0.590. The average molecular weight is 237 g/mol. The largest absolute Gasteiger partial charge is 0.389 e. The molecule has 0 aliphatic heterocycles. The van der Waals surface area contributed by atoms with Gasteiger partial charge in [0.15, 0.2) is 0 Å². The predicted molar refractivity (Wildman–Crippen MR) is 72.7 cm³/mol. The van der Waals surface area contributed by atoms with Crippen LogP contribution in [0.5, 0.6) is 0 Å². The summed E-state index contributed by atoms with van der Waals surface area (Å²) in [5.74, 6) is 1.59. The number of thiocarbonyl (C=S) groups is 1. The highest BCUT2D eigenvalue weighted by molar-refractivity contribution is 7.80. The van der Waals surface area contributed by atoms with E-state index >= 15 is 0 Å². The van der Waals surface area contributed by atoms with Crippen LogP contribution >= 0.6 is 12.2 Å². The van der Waals surface area contributed by atoms with Crippen LogP contribution in [0.1, 0.15) is 32.3 Å². The molecule has 0 atom stereocenters. The summed E-state index contributed by atoms with van der Waals surface area (Å²) in [4.78, 5) is 4.62. The number of nitrogens with one attached hydrogen (secondary N) is 1. The Hall–Kier alpha value is -1.16. The second kappa shape index (κ2) is 6.43. The van der Waals surface area contributed by atoms with E-state index < -0.39 is 0 Å². The van der Waals surface area contributed by atoms with Gasteiger partial charge in [0.25, 0.3) is 0 Å². The standard InChI is InChI=1S/C12H19N3S/c1-9(2)4-3-6-14-11-8-10(12(13)16)5-7-15-11/h5,7-9H,3-4,6H2,1-2H3,(H2,13,16)(H,14,15). The van der Waals surface area contributed by atoms with Crippen LogP contribution in [-0.2, 0) is 0 Å². The van der Waals surface area contributed by atoms with Crippen molar-refractivity contribution in [3.8, 4) is 0 Å². The van der Waals surface area contributed by atoms with Gasteiger partial charge in [-0.15, -0.1) is 0 Å². The Bertz CT molecular complexity index is 350. The molecule has 88 valence electrons. The summed E-state index contributed by atoms with van der Waals surface area (Å²) in [5.41, 5.74) is 6.41. The molecule has 0 unspecified atom stereocenters. The summed E-state index contributed by atoms with van der Waals surface area (Å²) < 4.78 is 0. The number of nitrogens with two attached hydrogens (primary N) is 1. The van der Waals surface area contributed by atoms with Gasteiger partial charge in [0.05, 0.1) is 0 Å². The summed E-state index contributed by atoms with van der Waals surface area (Å²) >= 11 is 4.91. The van der Waals surface area contributed by atoms with Crippen LogP contribution in [0.4, 0.5) is 5.82 Å². The smallest absolute Gasteiger partial charge is 0.126 e. The summed E-state index contributed by atoms with van der Waals surface area (Å²) in [6.07, 6.45) is 4.10. The number of hydrogen-bond acceptors (Lipinski definition) is 3. The molecule has 1 aromatic rings. The molecule has 0 aromatic carbocycles. The number of anilines is 1. The van der Waals surface area contributed by atoms with Crippen LogP contribution in [0.15, 0.2) is 18.3 Å². The molecule has 0 amide bonds. The monoisotopic (exact) mass is 237 g/mol. The van der Waals surface area contributed by atoms with Crippen LogP contribution in [0.25, 0.3) is 0 Å². The molecule has 1 heterocycles. The Morgan fingerprint density at radius 2 is 2.31 bits per heavy atom. The molecule has 0 spiro atoms. The summed E-state index contributed by atoms with van der Waals surface area (Å²) in [7, 11) is 0. The van der Waals surface area contributed by atoms with Gasteiger partial charge in [-0.3, -0.25) is 0 Å². The van der Waals surface area contributed by atoms with Crippen molar-refractivity contribution in [2.24, 2.45) is 11.7 Å². The number of pyridine rings is 1. The predicted octanol–water partition coefficient (Wildman–Crippen LogP) is 2.56. The SMILES string of the molecule is CC(C)CCCNc1cc(C(N)=S)ccn1. The molecule has 3 N–H and O–H groups in total. The average Bonchev–Trinajstić information content (AvgIpc) is 2.24. The van der Waals surface area contributed by atoms with Gasteiger partial charge < -0.3 is 11.1 Å². The zero-order valence-corrected chi connectivity index (χ0v) is 10.7. The first kappa shape index (κ1) is 12.9. The highest BCUT2D eigenvalue weighted by Crippen LogP contribution is 2.08. The molecule has 0 fully saturated rings. The highest BCUT2D eigenvalue weighted by atomic mass is 32.1. The van der Waals surface area contributed by atoms with E-state index in [1.165, 1.54) is 6.42 Å². The molecule has 0 aliphatic carbocycles. The molecule has 1 rings (SSSR count). The Balaban J connectivity index is 2.42. The lowest BCUT2D eigenvalue weighted by molar-refractivity contribution is 0.566. The molecule has 1 aromatic heterocycles. The van der Waals surface area contributed by atoms with Crippen molar-refractivity contribution in [2.45, 2.75) is 26.7 Å². The van der Waals surface area contributed by atoms with Gasteiger partial charge in [-0.05, 0) is 30.9 Å². The molecular weight excluding hydrogens is 218 g/mol. The Morgan fingerprint density at radius 3 is 2.94 bits per heavy atom. The molecule has 0 bridgehead atoms. The van der Waals surface area contributed by atoms with Gasteiger partial charge in [-0.1, -0.05) is 26.1 Å². The van der Waals surface area contributed by atoms with Gasteiger partial charge in [0, 0.05) is 18.3 Å². The number of aromatic nitrogens is 1.